The van der Waals surface area contributed by atoms with Crippen LogP contribution in [0.5, 0.6) is 0 Å². The van der Waals surface area contributed by atoms with E-state index in [-0.39, 0.29) is 35.5 Å². The summed E-state index contributed by atoms with van der Waals surface area (Å²) >= 11 is 3.35. The second kappa shape index (κ2) is 7.72. The fourth-order valence-electron chi connectivity index (χ4n) is 8.48. The zero-order valence-electron chi connectivity index (χ0n) is 17.9. The number of hydrogen-bond donors (Lipinski definition) is 1. The van der Waals surface area contributed by atoms with Gasteiger partial charge in [-0.2, -0.15) is 13.2 Å². The van der Waals surface area contributed by atoms with Crippen LogP contribution in [-0.2, 0) is 9.53 Å². The van der Waals surface area contributed by atoms with Gasteiger partial charge in [0.15, 0.2) is 5.60 Å². The Morgan fingerprint density at radius 2 is 1.83 bits per heavy atom. The summed E-state index contributed by atoms with van der Waals surface area (Å²) in [5, 5.41) is 10.8. The number of Topliss-reactive ketones (excluding diaryl/α,β-unsaturated/α-hetero) is 1. The predicted octanol–water partition coefficient (Wildman–Crippen LogP) is 5.53. The highest BCUT2D eigenvalue weighted by Gasteiger charge is 2.66. The summed E-state index contributed by atoms with van der Waals surface area (Å²) in [6.07, 6.45) is 0.875. The highest BCUT2D eigenvalue weighted by molar-refractivity contribution is 9.09. The Labute approximate surface area is 185 Å². The van der Waals surface area contributed by atoms with Crippen molar-refractivity contribution in [1.29, 1.82) is 0 Å². The van der Waals surface area contributed by atoms with Gasteiger partial charge >= 0.3 is 6.18 Å². The summed E-state index contributed by atoms with van der Waals surface area (Å²) in [7, 11) is 1.65. The van der Waals surface area contributed by atoms with Gasteiger partial charge in [-0.1, -0.05) is 22.9 Å². The third-order valence-electron chi connectivity index (χ3n) is 9.89. The van der Waals surface area contributed by atoms with Crippen molar-refractivity contribution >= 4 is 21.7 Å². The summed E-state index contributed by atoms with van der Waals surface area (Å²) in [5.41, 5.74) is -2.84. The molecule has 0 radical (unpaired) electrons. The Hall–Kier alpha value is -0.140. The van der Waals surface area contributed by atoms with Crippen molar-refractivity contribution in [2.45, 2.75) is 76.5 Å². The first-order valence-electron chi connectivity index (χ1n) is 11.4. The zero-order chi connectivity index (χ0) is 21.9. The van der Waals surface area contributed by atoms with Gasteiger partial charge in [-0.15, -0.1) is 0 Å². The lowest BCUT2D eigenvalue weighted by atomic mass is 9.43. The highest BCUT2D eigenvalue weighted by Crippen LogP contribution is 2.68. The maximum Gasteiger partial charge on any atom is 0.417 e. The van der Waals surface area contributed by atoms with Gasteiger partial charge < -0.3 is 9.84 Å². The SMILES string of the molecule is COC[C@]12CC[C@](O)(C(F)(F)F)C[C@H]1CCC1[C@@H]3CC[C@H](C(=O)CBr)[C@@]3(C)CC[C@@H]12. The van der Waals surface area contributed by atoms with E-state index in [1.165, 1.54) is 0 Å². The lowest BCUT2D eigenvalue weighted by Crippen LogP contribution is -2.61. The van der Waals surface area contributed by atoms with Crippen molar-refractivity contribution in [2.75, 3.05) is 19.0 Å². The van der Waals surface area contributed by atoms with Crippen molar-refractivity contribution in [1.82, 2.24) is 0 Å². The minimum Gasteiger partial charge on any atom is -0.384 e. The Balaban J connectivity index is 1.63. The molecule has 0 aliphatic heterocycles. The van der Waals surface area contributed by atoms with Crippen LogP contribution in [0.2, 0.25) is 0 Å². The number of ether oxygens (including phenoxy) is 1. The van der Waals surface area contributed by atoms with Gasteiger partial charge in [0.05, 0.1) is 11.9 Å². The Bertz CT molecular complexity index is 685. The molecule has 0 aromatic carbocycles. The van der Waals surface area contributed by atoms with Crippen LogP contribution in [0, 0.1) is 40.4 Å². The largest absolute Gasteiger partial charge is 0.417 e. The van der Waals surface area contributed by atoms with Crippen LogP contribution in [-0.4, -0.2) is 41.7 Å². The molecular weight excluding hydrogens is 461 g/mol. The number of rotatable bonds is 4. The minimum absolute atomic E-state index is 0.00842. The van der Waals surface area contributed by atoms with E-state index in [1.807, 2.05) is 0 Å². The Kier molecular flexibility index (Phi) is 5.93. The maximum absolute atomic E-state index is 13.6. The number of methoxy groups -OCH3 is 1. The molecule has 172 valence electrons. The number of fused-ring (bicyclic) bond motifs is 5. The summed E-state index contributed by atoms with van der Waals surface area (Å²) in [6.45, 7) is 2.75. The Morgan fingerprint density at radius 1 is 1.10 bits per heavy atom. The number of halogens is 4. The smallest absolute Gasteiger partial charge is 0.384 e. The van der Waals surface area contributed by atoms with Crippen LogP contribution in [0.25, 0.3) is 0 Å². The van der Waals surface area contributed by atoms with Gasteiger partial charge in [-0.25, -0.2) is 0 Å². The number of alkyl halides is 4. The Morgan fingerprint density at radius 3 is 2.47 bits per heavy atom. The second-order valence-electron chi connectivity index (χ2n) is 10.8. The zero-order valence-corrected chi connectivity index (χ0v) is 19.5. The van der Waals surface area contributed by atoms with E-state index in [0.717, 1.165) is 32.1 Å². The third-order valence-corrected chi connectivity index (χ3v) is 10.4. The van der Waals surface area contributed by atoms with Crippen LogP contribution in [0.15, 0.2) is 0 Å². The quantitative estimate of drug-likeness (QED) is 0.522. The molecule has 0 aromatic heterocycles. The minimum atomic E-state index is -4.58. The number of carbonyl (C=O) groups is 1. The van der Waals surface area contributed by atoms with Crippen molar-refractivity contribution in [3.63, 3.8) is 0 Å². The predicted molar refractivity (Wildman–Crippen MR) is 111 cm³/mol. The van der Waals surface area contributed by atoms with Crippen molar-refractivity contribution in [3.8, 4) is 0 Å². The van der Waals surface area contributed by atoms with Gasteiger partial charge in [0.1, 0.15) is 5.78 Å². The second-order valence-corrected chi connectivity index (χ2v) is 11.4. The van der Waals surface area contributed by atoms with E-state index < -0.39 is 11.8 Å². The monoisotopic (exact) mass is 494 g/mol. The number of hydrogen-bond acceptors (Lipinski definition) is 3. The molecule has 30 heavy (non-hydrogen) atoms. The third kappa shape index (κ3) is 3.23. The van der Waals surface area contributed by atoms with Gasteiger partial charge in [0.2, 0.25) is 0 Å². The molecule has 4 saturated carbocycles. The first-order chi connectivity index (χ1) is 14.0. The van der Waals surface area contributed by atoms with E-state index in [9.17, 15) is 23.1 Å². The highest BCUT2D eigenvalue weighted by atomic mass is 79.9. The molecule has 7 heteroatoms. The molecule has 3 nitrogen and oxygen atoms in total. The molecule has 0 heterocycles. The molecule has 0 aromatic rings. The van der Waals surface area contributed by atoms with Crippen molar-refractivity contribution in [2.24, 2.45) is 40.4 Å². The molecule has 0 bridgehead atoms. The fourth-order valence-corrected chi connectivity index (χ4v) is 8.87. The molecule has 1 N–H and O–H groups in total. The fraction of sp³-hybridized carbons (Fsp3) is 0.957. The first-order valence-corrected chi connectivity index (χ1v) is 12.5. The first kappa shape index (κ1) is 23.0. The van der Waals surface area contributed by atoms with E-state index in [4.69, 9.17) is 4.74 Å². The maximum atomic E-state index is 13.6. The standard InChI is InChI=1S/C23H34BrF3O3/c1-20-8-7-17-15(16(20)5-6-18(20)19(28)12-24)4-3-14-11-22(29,23(25,26)27)10-9-21(14,17)13-30-2/h14-18,29H,3-13H2,1-2H3/t14-,15?,16+,17+,18-,20+,21-,22-/m1/s1. The van der Waals surface area contributed by atoms with E-state index in [2.05, 4.69) is 22.9 Å². The molecule has 0 amide bonds. The van der Waals surface area contributed by atoms with Crippen LogP contribution >= 0.6 is 15.9 Å². The van der Waals surface area contributed by atoms with E-state index in [0.29, 0.717) is 48.3 Å². The summed E-state index contributed by atoms with van der Waals surface area (Å²) in [5.74, 6) is 1.46. The molecule has 0 saturated heterocycles. The summed E-state index contributed by atoms with van der Waals surface area (Å²) < 4.78 is 46.4. The molecular formula is C23H34BrF3O3. The normalized spacial score (nSPS) is 48.6. The van der Waals surface area contributed by atoms with Gasteiger partial charge in [0, 0.05) is 13.0 Å². The average Bonchev–Trinajstić information content (AvgIpc) is 3.04. The van der Waals surface area contributed by atoms with E-state index in [1.54, 1.807) is 7.11 Å². The number of carbonyl (C=O) groups excluding carboxylic acids is 1. The van der Waals surface area contributed by atoms with Crippen LogP contribution in [0.1, 0.15) is 64.7 Å². The van der Waals surface area contributed by atoms with Crippen molar-refractivity contribution in [3.05, 3.63) is 0 Å². The number of aliphatic hydroxyl groups is 1. The number of ketones is 1. The molecule has 4 aliphatic carbocycles. The average molecular weight is 495 g/mol. The topological polar surface area (TPSA) is 46.5 Å². The summed E-state index contributed by atoms with van der Waals surface area (Å²) in [6, 6.07) is 0. The molecule has 0 spiro atoms. The molecule has 8 atom stereocenters. The lowest BCUT2D eigenvalue weighted by molar-refractivity contribution is -0.294. The van der Waals surface area contributed by atoms with Gasteiger partial charge in [-0.05, 0) is 92.3 Å². The molecule has 4 aliphatic rings. The van der Waals surface area contributed by atoms with Crippen LogP contribution in [0.4, 0.5) is 13.2 Å². The van der Waals surface area contributed by atoms with Crippen LogP contribution in [0.3, 0.4) is 0 Å². The lowest BCUT2D eigenvalue weighted by Gasteiger charge is -2.62. The van der Waals surface area contributed by atoms with Crippen LogP contribution < -0.4 is 0 Å². The van der Waals surface area contributed by atoms with E-state index >= 15 is 0 Å². The van der Waals surface area contributed by atoms with Crippen molar-refractivity contribution < 1.29 is 27.8 Å². The summed E-state index contributed by atoms with van der Waals surface area (Å²) in [4.78, 5) is 12.6. The molecule has 4 rings (SSSR count). The molecule has 4 fully saturated rings. The van der Waals surface area contributed by atoms with Gasteiger partial charge in [-0.3, -0.25) is 4.79 Å². The van der Waals surface area contributed by atoms with Gasteiger partial charge in [0.25, 0.3) is 0 Å². The molecule has 1 unspecified atom stereocenters.